The topological polar surface area (TPSA) is 26.3 Å². The van der Waals surface area contributed by atoms with Crippen molar-refractivity contribution < 1.29 is 9.53 Å². The molecule has 2 nitrogen and oxygen atoms in total. The lowest BCUT2D eigenvalue weighted by atomic mass is 10.0. The molecule has 0 aromatic heterocycles. The van der Waals surface area contributed by atoms with Gasteiger partial charge in [-0.05, 0) is 61.8 Å². The number of ether oxygens (including phenoxy) is 1. The first kappa shape index (κ1) is 13.4. The summed E-state index contributed by atoms with van der Waals surface area (Å²) >= 11 is 6.24. The van der Waals surface area contributed by atoms with E-state index in [1.165, 1.54) is 23.8 Å². The van der Waals surface area contributed by atoms with E-state index in [-0.39, 0.29) is 11.9 Å². The Labute approximate surface area is 113 Å². The van der Waals surface area contributed by atoms with E-state index in [4.69, 9.17) is 16.3 Å². The summed E-state index contributed by atoms with van der Waals surface area (Å²) in [6.07, 6.45) is 2.93. The Balaban J connectivity index is 1.92. The molecule has 0 spiro atoms. The van der Waals surface area contributed by atoms with E-state index in [9.17, 15) is 4.79 Å². The number of rotatable bonds is 4. The molecule has 18 heavy (non-hydrogen) atoms. The minimum atomic E-state index is -0.0637. The number of esters is 1. The van der Waals surface area contributed by atoms with Crippen molar-refractivity contribution in [1.29, 1.82) is 0 Å². The van der Waals surface area contributed by atoms with Gasteiger partial charge in [-0.1, -0.05) is 17.7 Å². The molecule has 98 valence electrons. The van der Waals surface area contributed by atoms with Crippen LogP contribution in [0.2, 0.25) is 5.02 Å². The average molecular weight is 267 g/mol. The van der Waals surface area contributed by atoms with Crippen LogP contribution in [0, 0.1) is 25.7 Å². The summed E-state index contributed by atoms with van der Waals surface area (Å²) in [5, 5.41) is 0.841. The number of carbonyl (C=O) groups is 1. The number of hydrogen-bond acceptors (Lipinski definition) is 2. The fraction of sp³-hybridized carbons (Fsp3) is 0.533. The van der Waals surface area contributed by atoms with Crippen LogP contribution in [-0.2, 0) is 16.0 Å². The minimum absolute atomic E-state index is 0.0637. The molecule has 1 aromatic rings. The number of benzene rings is 1. The zero-order chi connectivity index (χ0) is 13.3. The van der Waals surface area contributed by atoms with Crippen LogP contribution in [0.5, 0.6) is 0 Å². The number of hydrogen-bond donors (Lipinski definition) is 0. The van der Waals surface area contributed by atoms with Crippen LogP contribution in [0.25, 0.3) is 0 Å². The summed E-state index contributed by atoms with van der Waals surface area (Å²) in [6.45, 7) is 4.17. The highest BCUT2D eigenvalue weighted by Crippen LogP contribution is 2.43. The van der Waals surface area contributed by atoms with E-state index >= 15 is 0 Å². The predicted octanol–water partition coefficient (Wildman–Crippen LogP) is 3.70. The third-order valence-electron chi connectivity index (χ3n) is 3.87. The molecule has 1 saturated carbocycles. The molecule has 1 aliphatic carbocycles. The van der Waals surface area contributed by atoms with Crippen molar-refractivity contribution in [3.05, 3.63) is 33.8 Å². The molecule has 3 heteroatoms. The largest absolute Gasteiger partial charge is 0.469 e. The van der Waals surface area contributed by atoms with Crippen molar-refractivity contribution in [2.24, 2.45) is 11.8 Å². The predicted molar refractivity (Wildman–Crippen MR) is 72.9 cm³/mol. The minimum Gasteiger partial charge on any atom is -0.469 e. The lowest BCUT2D eigenvalue weighted by Gasteiger charge is -2.08. The summed E-state index contributed by atoms with van der Waals surface area (Å²) in [5.74, 6) is 0.543. The second kappa shape index (κ2) is 5.31. The van der Waals surface area contributed by atoms with Crippen molar-refractivity contribution in [3.63, 3.8) is 0 Å². The van der Waals surface area contributed by atoms with Gasteiger partial charge in [0.25, 0.3) is 0 Å². The SMILES string of the molecule is COC(=O)C1CC1CCc1cc(C)c(C)cc1Cl. The third kappa shape index (κ3) is 2.86. The maximum atomic E-state index is 11.3. The highest BCUT2D eigenvalue weighted by atomic mass is 35.5. The Bertz CT molecular complexity index is 468. The Morgan fingerprint density at radius 1 is 1.39 bits per heavy atom. The summed E-state index contributed by atoms with van der Waals surface area (Å²) in [4.78, 5) is 11.3. The Morgan fingerprint density at radius 2 is 2.06 bits per heavy atom. The monoisotopic (exact) mass is 266 g/mol. The van der Waals surface area contributed by atoms with Crippen molar-refractivity contribution in [1.82, 2.24) is 0 Å². The molecule has 0 bridgehead atoms. The number of aryl methyl sites for hydroxylation is 3. The molecular formula is C15H19ClO2. The van der Waals surface area contributed by atoms with Gasteiger partial charge in [-0.3, -0.25) is 4.79 Å². The highest BCUT2D eigenvalue weighted by molar-refractivity contribution is 6.31. The van der Waals surface area contributed by atoms with Crippen molar-refractivity contribution in [3.8, 4) is 0 Å². The number of methoxy groups -OCH3 is 1. The molecule has 2 atom stereocenters. The molecular weight excluding hydrogens is 248 g/mol. The Kier molecular flexibility index (Phi) is 3.96. The third-order valence-corrected chi connectivity index (χ3v) is 4.23. The lowest BCUT2D eigenvalue weighted by Crippen LogP contribution is -2.04. The van der Waals surface area contributed by atoms with Gasteiger partial charge in [0, 0.05) is 5.02 Å². The molecule has 2 unspecified atom stereocenters. The molecule has 2 rings (SSSR count). The standard InChI is InChI=1S/C15H19ClO2/c1-9-6-12(14(16)7-10(9)2)5-4-11-8-13(11)15(17)18-3/h6-7,11,13H,4-5,8H2,1-3H3. The fourth-order valence-electron chi connectivity index (χ4n) is 2.38. The second-order valence-electron chi connectivity index (χ2n) is 5.19. The van der Waals surface area contributed by atoms with Crippen molar-refractivity contribution in [2.75, 3.05) is 7.11 Å². The van der Waals surface area contributed by atoms with Crippen LogP contribution in [-0.4, -0.2) is 13.1 Å². The zero-order valence-corrected chi connectivity index (χ0v) is 11.9. The lowest BCUT2D eigenvalue weighted by molar-refractivity contribution is -0.142. The Hall–Kier alpha value is -1.02. The maximum Gasteiger partial charge on any atom is 0.308 e. The highest BCUT2D eigenvalue weighted by Gasteiger charge is 2.43. The Morgan fingerprint density at radius 3 is 2.72 bits per heavy atom. The average Bonchev–Trinajstić information content (AvgIpc) is 3.10. The van der Waals surface area contributed by atoms with Crippen LogP contribution in [0.15, 0.2) is 12.1 Å². The first-order valence-corrected chi connectivity index (χ1v) is 6.74. The van der Waals surface area contributed by atoms with Gasteiger partial charge in [0.2, 0.25) is 0 Å². The molecule has 0 N–H and O–H groups in total. The summed E-state index contributed by atoms with van der Waals surface area (Å²) in [5.41, 5.74) is 3.69. The van der Waals surface area contributed by atoms with Gasteiger partial charge in [-0.25, -0.2) is 0 Å². The fourth-order valence-corrected chi connectivity index (χ4v) is 2.69. The molecule has 0 radical (unpaired) electrons. The van der Waals surface area contributed by atoms with Gasteiger partial charge in [-0.15, -0.1) is 0 Å². The van der Waals surface area contributed by atoms with E-state index in [1.807, 2.05) is 6.07 Å². The first-order valence-electron chi connectivity index (χ1n) is 6.36. The molecule has 1 aliphatic rings. The van der Waals surface area contributed by atoms with Crippen LogP contribution >= 0.6 is 11.6 Å². The molecule has 1 fully saturated rings. The van der Waals surface area contributed by atoms with Crippen LogP contribution in [0.3, 0.4) is 0 Å². The van der Waals surface area contributed by atoms with Crippen LogP contribution in [0.4, 0.5) is 0 Å². The van der Waals surface area contributed by atoms with Gasteiger partial charge >= 0.3 is 5.97 Å². The van der Waals surface area contributed by atoms with Gasteiger partial charge in [0.1, 0.15) is 0 Å². The first-order chi connectivity index (χ1) is 8.52. The van der Waals surface area contributed by atoms with E-state index in [2.05, 4.69) is 19.9 Å². The van der Waals surface area contributed by atoms with Gasteiger partial charge in [0.05, 0.1) is 13.0 Å². The molecule has 0 aliphatic heterocycles. The van der Waals surface area contributed by atoms with Crippen molar-refractivity contribution >= 4 is 17.6 Å². The van der Waals surface area contributed by atoms with Crippen LogP contribution in [0.1, 0.15) is 29.5 Å². The van der Waals surface area contributed by atoms with Crippen molar-refractivity contribution in [2.45, 2.75) is 33.1 Å². The van der Waals surface area contributed by atoms with E-state index < -0.39 is 0 Å². The summed E-state index contributed by atoms with van der Waals surface area (Å²) in [7, 11) is 1.46. The van der Waals surface area contributed by atoms with E-state index in [1.54, 1.807) is 0 Å². The quantitative estimate of drug-likeness (QED) is 0.777. The van der Waals surface area contributed by atoms with E-state index in [0.29, 0.717) is 5.92 Å². The normalized spacial score (nSPS) is 21.8. The van der Waals surface area contributed by atoms with Gasteiger partial charge in [0.15, 0.2) is 0 Å². The smallest absolute Gasteiger partial charge is 0.308 e. The van der Waals surface area contributed by atoms with Crippen LogP contribution < -0.4 is 0 Å². The molecule has 0 saturated heterocycles. The van der Waals surface area contributed by atoms with Gasteiger partial charge in [-0.2, -0.15) is 0 Å². The summed E-state index contributed by atoms with van der Waals surface area (Å²) in [6, 6.07) is 4.18. The molecule has 0 amide bonds. The number of halogens is 1. The summed E-state index contributed by atoms with van der Waals surface area (Å²) < 4.78 is 4.75. The second-order valence-corrected chi connectivity index (χ2v) is 5.60. The van der Waals surface area contributed by atoms with E-state index in [0.717, 1.165) is 24.3 Å². The molecule has 1 aromatic carbocycles. The van der Waals surface area contributed by atoms with Gasteiger partial charge < -0.3 is 4.74 Å². The molecule has 0 heterocycles. The maximum absolute atomic E-state index is 11.3. The zero-order valence-electron chi connectivity index (χ0n) is 11.1. The number of carbonyl (C=O) groups excluding carboxylic acids is 1.